The maximum atomic E-state index is 13.9. The van der Waals surface area contributed by atoms with Crippen LogP contribution in [0.15, 0.2) is 77.7 Å². The van der Waals surface area contributed by atoms with Crippen molar-refractivity contribution in [3.05, 3.63) is 89.5 Å². The second-order valence-corrected chi connectivity index (χ2v) is 9.08. The number of aryl methyl sites for hydroxylation is 1. The molecule has 3 aromatic rings. The molecular weight excluding hydrogens is 410 g/mol. The van der Waals surface area contributed by atoms with E-state index in [9.17, 15) is 8.42 Å². The van der Waals surface area contributed by atoms with Crippen molar-refractivity contribution in [3.63, 3.8) is 0 Å². The topological polar surface area (TPSA) is 55.8 Å². The minimum Gasteiger partial charge on any atom is -0.494 e. The first-order valence-corrected chi connectivity index (χ1v) is 11.9. The third kappa shape index (κ3) is 5.66. The first-order chi connectivity index (χ1) is 15.0. The van der Waals surface area contributed by atoms with Crippen molar-refractivity contribution in [2.45, 2.75) is 38.8 Å². The number of rotatable bonds is 10. The van der Waals surface area contributed by atoms with Crippen molar-refractivity contribution in [3.8, 4) is 11.5 Å². The summed E-state index contributed by atoms with van der Waals surface area (Å²) < 4.78 is 40.7. The first kappa shape index (κ1) is 22.8. The Bertz CT molecular complexity index is 1040. The van der Waals surface area contributed by atoms with Crippen LogP contribution >= 0.6 is 0 Å². The predicted octanol–water partition coefficient (Wildman–Crippen LogP) is 5.18. The van der Waals surface area contributed by atoms with Gasteiger partial charge in [-0.25, -0.2) is 8.42 Å². The van der Waals surface area contributed by atoms with E-state index in [1.807, 2.05) is 81.4 Å². The lowest BCUT2D eigenvalue weighted by Gasteiger charge is -2.24. The van der Waals surface area contributed by atoms with Crippen molar-refractivity contribution in [1.29, 1.82) is 0 Å². The largest absolute Gasteiger partial charge is 0.494 e. The van der Waals surface area contributed by atoms with Crippen LogP contribution in [-0.4, -0.2) is 25.9 Å². The van der Waals surface area contributed by atoms with Crippen LogP contribution in [0, 0.1) is 6.92 Å². The molecule has 3 aromatic carbocycles. The van der Waals surface area contributed by atoms with E-state index in [1.165, 1.54) is 4.31 Å². The zero-order valence-corrected chi connectivity index (χ0v) is 19.1. The van der Waals surface area contributed by atoms with Gasteiger partial charge in [0.1, 0.15) is 16.4 Å². The molecule has 0 aliphatic rings. The molecule has 0 saturated heterocycles. The zero-order valence-electron chi connectivity index (χ0n) is 18.2. The second-order valence-electron chi connectivity index (χ2n) is 7.17. The quantitative estimate of drug-likeness (QED) is 0.437. The highest BCUT2D eigenvalue weighted by Gasteiger charge is 2.29. The van der Waals surface area contributed by atoms with E-state index >= 15 is 0 Å². The van der Waals surface area contributed by atoms with Crippen molar-refractivity contribution in [1.82, 2.24) is 4.31 Å². The minimum absolute atomic E-state index is 0.121. The lowest BCUT2D eigenvalue weighted by molar-refractivity contribution is 0.318. The van der Waals surface area contributed by atoms with E-state index in [-0.39, 0.29) is 18.0 Å². The van der Waals surface area contributed by atoms with Crippen molar-refractivity contribution >= 4 is 10.0 Å². The Kier molecular flexibility index (Phi) is 7.71. The van der Waals surface area contributed by atoms with E-state index in [0.717, 1.165) is 16.7 Å². The van der Waals surface area contributed by atoms with Crippen LogP contribution in [0.5, 0.6) is 11.5 Å². The van der Waals surface area contributed by atoms with Crippen molar-refractivity contribution in [2.24, 2.45) is 0 Å². The number of benzene rings is 3. The van der Waals surface area contributed by atoms with Gasteiger partial charge in [0.15, 0.2) is 0 Å². The van der Waals surface area contributed by atoms with E-state index in [1.54, 1.807) is 12.1 Å². The Morgan fingerprint density at radius 3 is 1.71 bits per heavy atom. The van der Waals surface area contributed by atoms with E-state index in [2.05, 4.69) is 0 Å². The summed E-state index contributed by atoms with van der Waals surface area (Å²) in [6, 6.07) is 22.5. The Hall–Kier alpha value is -2.83. The molecule has 0 radical (unpaired) electrons. The fourth-order valence-electron chi connectivity index (χ4n) is 3.36. The SMILES string of the molecule is CCOc1cc(S(=O)(=O)N(Cc2ccccc2)Cc2ccccc2)c(OCC)cc1C. The van der Waals surface area contributed by atoms with Crippen LogP contribution in [0.3, 0.4) is 0 Å². The maximum Gasteiger partial charge on any atom is 0.247 e. The molecule has 0 unspecified atom stereocenters. The Labute approximate surface area is 185 Å². The molecule has 0 amide bonds. The number of sulfonamides is 1. The fourth-order valence-corrected chi connectivity index (χ4v) is 4.91. The van der Waals surface area contributed by atoms with Crippen LogP contribution in [-0.2, 0) is 23.1 Å². The number of nitrogens with zero attached hydrogens (tertiary/aromatic N) is 1. The van der Waals surface area contributed by atoms with Gasteiger partial charge < -0.3 is 9.47 Å². The molecular formula is C25H29NO4S. The summed E-state index contributed by atoms with van der Waals surface area (Å²) in [7, 11) is -3.88. The summed E-state index contributed by atoms with van der Waals surface area (Å²) in [5.41, 5.74) is 2.66. The Morgan fingerprint density at radius 2 is 1.23 bits per heavy atom. The maximum absolute atomic E-state index is 13.9. The standard InChI is InChI=1S/C25H29NO4S/c1-4-29-23-17-25(24(30-5-2)16-20(23)3)31(27,28)26(18-21-12-8-6-9-13-21)19-22-14-10-7-11-15-22/h6-17H,4-5,18-19H2,1-3H3. The van der Waals surface area contributed by atoms with Crippen molar-refractivity contribution in [2.75, 3.05) is 13.2 Å². The highest BCUT2D eigenvalue weighted by Crippen LogP contribution is 2.35. The fraction of sp³-hybridized carbons (Fsp3) is 0.280. The van der Waals surface area contributed by atoms with Gasteiger partial charge in [-0.2, -0.15) is 4.31 Å². The third-order valence-corrected chi connectivity index (χ3v) is 6.68. The van der Waals surface area contributed by atoms with Crippen LogP contribution in [0.1, 0.15) is 30.5 Å². The first-order valence-electron chi connectivity index (χ1n) is 10.4. The molecule has 0 aromatic heterocycles. The molecule has 6 heteroatoms. The third-order valence-electron chi connectivity index (χ3n) is 4.86. The summed E-state index contributed by atoms with van der Waals surface area (Å²) in [5, 5.41) is 0. The number of hydrogen-bond donors (Lipinski definition) is 0. The van der Waals surface area contributed by atoms with E-state index in [0.29, 0.717) is 24.7 Å². The second kappa shape index (κ2) is 10.5. The normalized spacial score (nSPS) is 11.5. The van der Waals surface area contributed by atoms with Gasteiger partial charge in [0.05, 0.1) is 13.2 Å². The van der Waals surface area contributed by atoms with Gasteiger partial charge >= 0.3 is 0 Å². The minimum atomic E-state index is -3.88. The summed E-state index contributed by atoms with van der Waals surface area (Å²) >= 11 is 0. The summed E-state index contributed by atoms with van der Waals surface area (Å²) in [6.07, 6.45) is 0. The van der Waals surface area contributed by atoms with Crippen LogP contribution in [0.4, 0.5) is 0 Å². The van der Waals surface area contributed by atoms with Crippen LogP contribution < -0.4 is 9.47 Å². The summed E-state index contributed by atoms with van der Waals surface area (Å²) in [6.45, 7) is 6.92. The molecule has 0 aliphatic carbocycles. The molecule has 0 saturated carbocycles. The summed E-state index contributed by atoms with van der Waals surface area (Å²) in [5.74, 6) is 0.887. The summed E-state index contributed by atoms with van der Waals surface area (Å²) in [4.78, 5) is 0.121. The lowest BCUT2D eigenvalue weighted by Crippen LogP contribution is -2.30. The molecule has 164 valence electrons. The van der Waals surface area contributed by atoms with Gasteiger partial charge in [-0.3, -0.25) is 0 Å². The molecule has 0 fully saturated rings. The van der Waals surface area contributed by atoms with E-state index < -0.39 is 10.0 Å². The average Bonchev–Trinajstić information content (AvgIpc) is 2.77. The highest BCUT2D eigenvalue weighted by molar-refractivity contribution is 7.89. The van der Waals surface area contributed by atoms with Crippen LogP contribution in [0.2, 0.25) is 0 Å². The molecule has 0 N–H and O–H groups in total. The highest BCUT2D eigenvalue weighted by atomic mass is 32.2. The van der Waals surface area contributed by atoms with Gasteiger partial charge in [0.2, 0.25) is 10.0 Å². The average molecular weight is 440 g/mol. The smallest absolute Gasteiger partial charge is 0.247 e. The van der Waals surface area contributed by atoms with Gasteiger partial charge in [0.25, 0.3) is 0 Å². The number of hydrogen-bond acceptors (Lipinski definition) is 4. The Balaban J connectivity index is 2.09. The van der Waals surface area contributed by atoms with Gasteiger partial charge in [-0.1, -0.05) is 60.7 Å². The van der Waals surface area contributed by atoms with Crippen molar-refractivity contribution < 1.29 is 17.9 Å². The molecule has 5 nitrogen and oxygen atoms in total. The predicted molar refractivity (Wildman–Crippen MR) is 123 cm³/mol. The Morgan fingerprint density at radius 1 is 0.742 bits per heavy atom. The van der Waals surface area contributed by atoms with Gasteiger partial charge in [-0.05, 0) is 43.5 Å². The molecule has 0 heterocycles. The molecule has 0 spiro atoms. The number of ether oxygens (including phenoxy) is 2. The molecule has 0 bridgehead atoms. The molecule has 0 atom stereocenters. The monoisotopic (exact) mass is 439 g/mol. The van der Waals surface area contributed by atoms with Gasteiger partial charge in [0, 0.05) is 19.2 Å². The zero-order chi connectivity index (χ0) is 22.3. The molecule has 31 heavy (non-hydrogen) atoms. The molecule has 3 rings (SSSR count). The van der Waals surface area contributed by atoms with Crippen LogP contribution in [0.25, 0.3) is 0 Å². The van der Waals surface area contributed by atoms with Gasteiger partial charge in [-0.15, -0.1) is 0 Å². The lowest BCUT2D eigenvalue weighted by atomic mass is 10.2. The molecule has 0 aliphatic heterocycles. The van der Waals surface area contributed by atoms with E-state index in [4.69, 9.17) is 9.47 Å².